The van der Waals surface area contributed by atoms with E-state index in [0.717, 1.165) is 19.4 Å². The van der Waals surface area contributed by atoms with Crippen molar-refractivity contribution in [1.82, 2.24) is 5.32 Å². The van der Waals surface area contributed by atoms with Gasteiger partial charge in [0.15, 0.2) is 0 Å². The zero-order valence-corrected chi connectivity index (χ0v) is 11.7. The summed E-state index contributed by atoms with van der Waals surface area (Å²) in [6.07, 6.45) is 4.10. The molecule has 2 aliphatic rings. The standard InChI is InChI=1S/C18H21NO/c20-18(9-7-15-8-10-19-17(15)18)12-13-5-6-14-3-1-2-4-16(14)11-13/h1-6,11,15,17,19-20H,7-10,12H2/t15-,17+,18+/m0/s1. The van der Waals surface area contributed by atoms with Crippen LogP contribution in [0.3, 0.4) is 0 Å². The lowest BCUT2D eigenvalue weighted by Gasteiger charge is -2.30. The first-order chi connectivity index (χ1) is 9.74. The van der Waals surface area contributed by atoms with Crippen molar-refractivity contribution in [2.24, 2.45) is 5.92 Å². The molecular formula is C18H21NO. The summed E-state index contributed by atoms with van der Waals surface area (Å²) >= 11 is 0. The highest BCUT2D eigenvalue weighted by atomic mass is 16.3. The predicted molar refractivity (Wildman–Crippen MR) is 81.7 cm³/mol. The van der Waals surface area contributed by atoms with Crippen molar-refractivity contribution in [3.8, 4) is 0 Å². The van der Waals surface area contributed by atoms with Gasteiger partial charge in [-0.25, -0.2) is 0 Å². The Kier molecular flexibility index (Phi) is 2.83. The molecule has 0 radical (unpaired) electrons. The van der Waals surface area contributed by atoms with Crippen molar-refractivity contribution in [3.05, 3.63) is 48.0 Å². The van der Waals surface area contributed by atoms with Gasteiger partial charge in [0.1, 0.15) is 0 Å². The maximum Gasteiger partial charge on any atom is 0.0842 e. The monoisotopic (exact) mass is 267 g/mol. The van der Waals surface area contributed by atoms with Crippen LogP contribution in [0.1, 0.15) is 24.8 Å². The number of hydrogen-bond donors (Lipinski definition) is 2. The molecule has 2 nitrogen and oxygen atoms in total. The van der Waals surface area contributed by atoms with Gasteiger partial charge in [0.25, 0.3) is 0 Å². The zero-order valence-electron chi connectivity index (χ0n) is 11.7. The molecule has 0 bridgehead atoms. The Bertz CT molecular complexity index is 638. The molecule has 0 amide bonds. The Labute approximate surface area is 119 Å². The summed E-state index contributed by atoms with van der Waals surface area (Å²) in [6.45, 7) is 1.06. The molecule has 0 aromatic heterocycles. The first-order valence-electron chi connectivity index (χ1n) is 7.68. The van der Waals surface area contributed by atoms with E-state index >= 15 is 0 Å². The summed E-state index contributed by atoms with van der Waals surface area (Å²) in [7, 11) is 0. The molecule has 1 aliphatic heterocycles. The Morgan fingerprint density at radius 1 is 1.10 bits per heavy atom. The minimum Gasteiger partial charge on any atom is -0.388 e. The summed E-state index contributed by atoms with van der Waals surface area (Å²) in [4.78, 5) is 0. The van der Waals surface area contributed by atoms with E-state index in [9.17, 15) is 5.11 Å². The number of rotatable bonds is 2. The van der Waals surface area contributed by atoms with Crippen LogP contribution in [0.4, 0.5) is 0 Å². The van der Waals surface area contributed by atoms with Crippen LogP contribution in [-0.4, -0.2) is 23.3 Å². The van der Waals surface area contributed by atoms with Gasteiger partial charge in [-0.3, -0.25) is 0 Å². The van der Waals surface area contributed by atoms with Crippen molar-refractivity contribution in [2.75, 3.05) is 6.54 Å². The quantitative estimate of drug-likeness (QED) is 0.877. The molecule has 3 atom stereocenters. The number of fused-ring (bicyclic) bond motifs is 2. The number of nitrogens with one attached hydrogen (secondary N) is 1. The average Bonchev–Trinajstić information content (AvgIpc) is 3.04. The minimum atomic E-state index is -0.552. The molecule has 4 rings (SSSR count). The normalized spacial score (nSPS) is 32.6. The van der Waals surface area contributed by atoms with Gasteiger partial charge in [0.2, 0.25) is 0 Å². The molecule has 2 aromatic carbocycles. The summed E-state index contributed by atoms with van der Waals surface area (Å²) in [5, 5.41) is 17.1. The molecule has 2 fully saturated rings. The van der Waals surface area contributed by atoms with Gasteiger partial charge >= 0.3 is 0 Å². The highest BCUT2D eigenvalue weighted by molar-refractivity contribution is 5.83. The number of benzene rings is 2. The first kappa shape index (κ1) is 12.4. The van der Waals surface area contributed by atoms with Crippen molar-refractivity contribution in [3.63, 3.8) is 0 Å². The van der Waals surface area contributed by atoms with Crippen LogP contribution in [0.15, 0.2) is 42.5 Å². The van der Waals surface area contributed by atoms with Crippen molar-refractivity contribution < 1.29 is 5.11 Å². The molecule has 1 saturated carbocycles. The first-order valence-corrected chi connectivity index (χ1v) is 7.68. The van der Waals surface area contributed by atoms with Crippen LogP contribution in [-0.2, 0) is 6.42 Å². The fourth-order valence-corrected chi connectivity index (χ4v) is 4.19. The third-order valence-corrected chi connectivity index (χ3v) is 5.20. The van der Waals surface area contributed by atoms with Crippen molar-refractivity contribution in [2.45, 2.75) is 37.3 Å². The van der Waals surface area contributed by atoms with Gasteiger partial charge in [0.05, 0.1) is 5.60 Å². The van der Waals surface area contributed by atoms with Gasteiger partial charge in [-0.2, -0.15) is 0 Å². The maximum absolute atomic E-state index is 11.0. The second-order valence-corrected chi connectivity index (χ2v) is 6.48. The van der Waals surface area contributed by atoms with Gasteiger partial charge in [-0.05, 0) is 48.1 Å². The predicted octanol–water partition coefficient (Wildman–Crippen LogP) is 2.89. The van der Waals surface area contributed by atoms with E-state index < -0.39 is 5.60 Å². The summed E-state index contributed by atoms with van der Waals surface area (Å²) in [5.74, 6) is 0.681. The van der Waals surface area contributed by atoms with Gasteiger partial charge in [-0.1, -0.05) is 42.5 Å². The largest absolute Gasteiger partial charge is 0.388 e. The minimum absolute atomic E-state index is 0.300. The molecule has 1 saturated heterocycles. The van der Waals surface area contributed by atoms with Gasteiger partial charge in [-0.15, -0.1) is 0 Å². The van der Waals surface area contributed by atoms with E-state index in [2.05, 4.69) is 47.8 Å². The summed E-state index contributed by atoms with van der Waals surface area (Å²) in [5.41, 5.74) is 0.699. The molecule has 2 heteroatoms. The molecule has 0 unspecified atom stereocenters. The Balaban J connectivity index is 1.63. The maximum atomic E-state index is 11.0. The van der Waals surface area contributed by atoms with E-state index in [4.69, 9.17) is 0 Å². The van der Waals surface area contributed by atoms with E-state index in [-0.39, 0.29) is 0 Å². The van der Waals surface area contributed by atoms with Gasteiger partial charge in [0, 0.05) is 12.5 Å². The van der Waals surface area contributed by atoms with Crippen LogP contribution in [0.2, 0.25) is 0 Å². The Morgan fingerprint density at radius 2 is 1.95 bits per heavy atom. The third-order valence-electron chi connectivity index (χ3n) is 5.20. The summed E-state index contributed by atoms with van der Waals surface area (Å²) < 4.78 is 0. The topological polar surface area (TPSA) is 32.3 Å². The second-order valence-electron chi connectivity index (χ2n) is 6.48. The molecule has 1 heterocycles. The van der Waals surface area contributed by atoms with Crippen molar-refractivity contribution in [1.29, 1.82) is 0 Å². The fraction of sp³-hybridized carbons (Fsp3) is 0.444. The summed E-state index contributed by atoms with van der Waals surface area (Å²) in [6, 6.07) is 15.3. The van der Waals surface area contributed by atoms with E-state index in [0.29, 0.717) is 12.0 Å². The smallest absolute Gasteiger partial charge is 0.0842 e. The van der Waals surface area contributed by atoms with E-state index in [1.54, 1.807) is 0 Å². The van der Waals surface area contributed by atoms with Crippen LogP contribution < -0.4 is 5.32 Å². The Morgan fingerprint density at radius 3 is 2.85 bits per heavy atom. The van der Waals surface area contributed by atoms with Crippen LogP contribution in [0.5, 0.6) is 0 Å². The average molecular weight is 267 g/mol. The third kappa shape index (κ3) is 1.95. The molecule has 20 heavy (non-hydrogen) atoms. The number of hydrogen-bond acceptors (Lipinski definition) is 2. The number of aliphatic hydroxyl groups is 1. The molecule has 104 valence electrons. The van der Waals surface area contributed by atoms with Crippen LogP contribution in [0.25, 0.3) is 10.8 Å². The molecule has 1 aliphatic carbocycles. The fourth-order valence-electron chi connectivity index (χ4n) is 4.19. The van der Waals surface area contributed by atoms with E-state index in [1.165, 1.54) is 29.2 Å². The lowest BCUT2D eigenvalue weighted by atomic mass is 9.87. The molecule has 2 aromatic rings. The highest BCUT2D eigenvalue weighted by Crippen LogP contribution is 2.41. The van der Waals surface area contributed by atoms with E-state index in [1.807, 2.05) is 0 Å². The second kappa shape index (κ2) is 4.57. The van der Waals surface area contributed by atoms with Gasteiger partial charge < -0.3 is 10.4 Å². The Hall–Kier alpha value is -1.38. The highest BCUT2D eigenvalue weighted by Gasteiger charge is 2.48. The molecule has 2 N–H and O–H groups in total. The molecular weight excluding hydrogens is 246 g/mol. The lowest BCUT2D eigenvalue weighted by Crippen LogP contribution is -2.47. The zero-order chi connectivity index (χ0) is 13.6. The lowest BCUT2D eigenvalue weighted by molar-refractivity contribution is 0.0214. The molecule has 0 spiro atoms. The SMILES string of the molecule is O[C@@]1(Cc2ccc3ccccc3c2)CC[C@H]2CCN[C@H]21. The van der Waals surface area contributed by atoms with Crippen LogP contribution in [0, 0.1) is 5.92 Å². The van der Waals surface area contributed by atoms with Crippen LogP contribution >= 0.6 is 0 Å². The van der Waals surface area contributed by atoms with Crippen molar-refractivity contribution >= 4 is 10.8 Å².